The van der Waals surface area contributed by atoms with Crippen LogP contribution < -0.4 is 15.2 Å². The molecule has 0 radical (unpaired) electrons. The number of aryl methyl sites for hydroxylation is 2. The Bertz CT molecular complexity index is 626. The molecule has 0 saturated heterocycles. The minimum Gasteiger partial charge on any atom is -0.493 e. The second kappa shape index (κ2) is 6.83. The second-order valence-electron chi connectivity index (χ2n) is 4.75. The van der Waals surface area contributed by atoms with Gasteiger partial charge >= 0.3 is 0 Å². The first-order valence-electron chi connectivity index (χ1n) is 6.75. The molecular weight excluding hydrogens is 290 g/mol. The van der Waals surface area contributed by atoms with Crippen molar-refractivity contribution < 1.29 is 9.47 Å². The first kappa shape index (κ1) is 15.7. The molecule has 1 aromatic carbocycles. The summed E-state index contributed by atoms with van der Waals surface area (Å²) in [5.41, 5.74) is 8.41. The molecule has 114 valence electrons. The van der Waals surface area contributed by atoms with Crippen LogP contribution in [0.2, 0.25) is 5.15 Å². The van der Waals surface area contributed by atoms with Crippen LogP contribution in [-0.2, 0) is 20.1 Å². The Morgan fingerprint density at radius 2 is 2.14 bits per heavy atom. The van der Waals surface area contributed by atoms with E-state index in [-0.39, 0.29) is 0 Å². The van der Waals surface area contributed by atoms with E-state index in [4.69, 9.17) is 26.8 Å². The summed E-state index contributed by atoms with van der Waals surface area (Å²) in [7, 11) is 3.43. The van der Waals surface area contributed by atoms with Crippen molar-refractivity contribution >= 4 is 11.6 Å². The summed E-state index contributed by atoms with van der Waals surface area (Å²) in [5, 5.41) is 4.86. The topological polar surface area (TPSA) is 62.3 Å². The number of halogens is 1. The van der Waals surface area contributed by atoms with Gasteiger partial charge in [0.15, 0.2) is 11.5 Å². The fraction of sp³-hybridized carbons (Fsp3) is 0.400. The van der Waals surface area contributed by atoms with Crippen LogP contribution in [0.15, 0.2) is 18.2 Å². The normalized spacial score (nSPS) is 10.7. The summed E-state index contributed by atoms with van der Waals surface area (Å²) in [6.07, 6.45) is 0.728. The van der Waals surface area contributed by atoms with E-state index in [2.05, 4.69) is 5.10 Å². The van der Waals surface area contributed by atoms with Crippen molar-refractivity contribution in [2.75, 3.05) is 13.7 Å². The lowest BCUT2D eigenvalue weighted by molar-refractivity contribution is 0.281. The Morgan fingerprint density at radius 1 is 1.38 bits per heavy atom. The Kier molecular flexibility index (Phi) is 5.09. The summed E-state index contributed by atoms with van der Waals surface area (Å²) in [5.74, 6) is 1.41. The van der Waals surface area contributed by atoms with E-state index in [1.54, 1.807) is 11.8 Å². The highest BCUT2D eigenvalue weighted by Crippen LogP contribution is 2.33. The molecule has 0 aliphatic rings. The van der Waals surface area contributed by atoms with Gasteiger partial charge in [0.25, 0.3) is 0 Å². The molecule has 0 aliphatic heterocycles. The van der Waals surface area contributed by atoms with E-state index in [0.29, 0.717) is 29.8 Å². The van der Waals surface area contributed by atoms with Gasteiger partial charge in [-0.3, -0.25) is 4.68 Å². The van der Waals surface area contributed by atoms with Crippen LogP contribution in [0.5, 0.6) is 11.5 Å². The van der Waals surface area contributed by atoms with Crippen LogP contribution in [0, 0.1) is 6.92 Å². The standard InChI is InChI=1S/C15H20ClN3O2/c1-10-12(15(16)19(2)18-10)9-21-14-11(7-8-17)5-4-6-13(14)20-3/h4-6H,7-9,17H2,1-3H3. The summed E-state index contributed by atoms with van der Waals surface area (Å²) in [4.78, 5) is 0. The van der Waals surface area contributed by atoms with Gasteiger partial charge in [-0.1, -0.05) is 23.7 Å². The molecule has 2 N–H and O–H groups in total. The number of hydrogen-bond acceptors (Lipinski definition) is 4. The smallest absolute Gasteiger partial charge is 0.164 e. The van der Waals surface area contributed by atoms with Gasteiger partial charge in [-0.05, 0) is 31.5 Å². The number of nitrogens with zero attached hydrogens (tertiary/aromatic N) is 2. The average Bonchev–Trinajstić information content (AvgIpc) is 2.71. The van der Waals surface area contributed by atoms with Gasteiger partial charge in [-0.15, -0.1) is 0 Å². The maximum atomic E-state index is 6.22. The molecule has 0 bridgehead atoms. The third-order valence-corrected chi connectivity index (χ3v) is 3.80. The summed E-state index contributed by atoms with van der Waals surface area (Å²) in [6, 6.07) is 5.79. The quantitative estimate of drug-likeness (QED) is 0.890. The van der Waals surface area contributed by atoms with E-state index in [0.717, 1.165) is 23.2 Å². The third-order valence-electron chi connectivity index (χ3n) is 3.32. The SMILES string of the molecule is COc1cccc(CCN)c1OCc1c(C)nn(C)c1Cl. The summed E-state index contributed by atoms with van der Waals surface area (Å²) < 4.78 is 13.0. The molecule has 1 aromatic heterocycles. The number of para-hydroxylation sites is 1. The van der Waals surface area contributed by atoms with Crippen LogP contribution in [0.1, 0.15) is 16.8 Å². The van der Waals surface area contributed by atoms with Crippen molar-refractivity contribution in [3.63, 3.8) is 0 Å². The van der Waals surface area contributed by atoms with Crippen LogP contribution in [-0.4, -0.2) is 23.4 Å². The van der Waals surface area contributed by atoms with Gasteiger partial charge in [0.05, 0.1) is 12.8 Å². The third kappa shape index (κ3) is 3.31. The number of nitrogens with two attached hydrogens (primary N) is 1. The molecule has 21 heavy (non-hydrogen) atoms. The molecule has 2 aromatic rings. The molecule has 0 spiro atoms. The average molecular weight is 310 g/mol. The lowest BCUT2D eigenvalue weighted by Gasteiger charge is -2.14. The second-order valence-corrected chi connectivity index (χ2v) is 5.11. The molecule has 0 aliphatic carbocycles. The van der Waals surface area contributed by atoms with E-state index in [9.17, 15) is 0 Å². The Balaban J connectivity index is 2.26. The van der Waals surface area contributed by atoms with Crippen molar-refractivity contribution in [1.29, 1.82) is 0 Å². The first-order valence-corrected chi connectivity index (χ1v) is 7.13. The zero-order valence-corrected chi connectivity index (χ0v) is 13.3. The predicted octanol–water partition coefficient (Wildman–Crippen LogP) is 2.47. The molecule has 1 heterocycles. The Morgan fingerprint density at radius 3 is 2.71 bits per heavy atom. The maximum absolute atomic E-state index is 6.22. The van der Waals surface area contributed by atoms with E-state index >= 15 is 0 Å². The number of aromatic nitrogens is 2. The molecule has 6 heteroatoms. The fourth-order valence-electron chi connectivity index (χ4n) is 2.22. The molecule has 0 amide bonds. The maximum Gasteiger partial charge on any atom is 0.164 e. The van der Waals surface area contributed by atoms with Crippen molar-refractivity contribution in [3.8, 4) is 11.5 Å². The molecule has 0 fully saturated rings. The number of hydrogen-bond donors (Lipinski definition) is 1. The summed E-state index contributed by atoms with van der Waals surface area (Å²) >= 11 is 6.22. The van der Waals surface area contributed by atoms with Gasteiger partial charge in [0.1, 0.15) is 11.8 Å². The Labute approximate surface area is 129 Å². The van der Waals surface area contributed by atoms with Crippen LogP contribution in [0.3, 0.4) is 0 Å². The molecule has 0 unspecified atom stereocenters. The fourth-order valence-corrected chi connectivity index (χ4v) is 2.45. The minimum absolute atomic E-state index is 0.344. The number of methoxy groups -OCH3 is 1. The van der Waals surface area contributed by atoms with Crippen molar-refractivity contribution in [2.24, 2.45) is 12.8 Å². The predicted molar refractivity (Wildman–Crippen MR) is 83.0 cm³/mol. The monoisotopic (exact) mass is 309 g/mol. The number of ether oxygens (including phenoxy) is 2. The highest BCUT2D eigenvalue weighted by molar-refractivity contribution is 6.30. The minimum atomic E-state index is 0.344. The number of benzene rings is 1. The number of rotatable bonds is 6. The van der Waals surface area contributed by atoms with Crippen LogP contribution in [0.25, 0.3) is 0 Å². The Hall–Kier alpha value is -1.72. The van der Waals surface area contributed by atoms with Gasteiger partial charge in [0.2, 0.25) is 0 Å². The largest absolute Gasteiger partial charge is 0.493 e. The van der Waals surface area contributed by atoms with Crippen molar-refractivity contribution in [1.82, 2.24) is 9.78 Å². The first-order chi connectivity index (χ1) is 10.1. The lowest BCUT2D eigenvalue weighted by Crippen LogP contribution is -2.07. The molecule has 5 nitrogen and oxygen atoms in total. The molecular formula is C15H20ClN3O2. The highest BCUT2D eigenvalue weighted by Gasteiger charge is 2.15. The van der Waals surface area contributed by atoms with Crippen LogP contribution in [0.4, 0.5) is 0 Å². The van der Waals surface area contributed by atoms with Crippen LogP contribution >= 0.6 is 11.6 Å². The van der Waals surface area contributed by atoms with E-state index < -0.39 is 0 Å². The molecule has 0 saturated carbocycles. The van der Waals surface area contributed by atoms with Gasteiger partial charge < -0.3 is 15.2 Å². The lowest BCUT2D eigenvalue weighted by atomic mass is 10.1. The van der Waals surface area contributed by atoms with E-state index in [1.165, 1.54) is 0 Å². The van der Waals surface area contributed by atoms with Gasteiger partial charge in [-0.25, -0.2) is 0 Å². The molecule has 2 rings (SSSR count). The van der Waals surface area contributed by atoms with Gasteiger partial charge in [0, 0.05) is 12.6 Å². The van der Waals surface area contributed by atoms with Crippen molar-refractivity contribution in [3.05, 3.63) is 40.2 Å². The van der Waals surface area contributed by atoms with Crippen molar-refractivity contribution in [2.45, 2.75) is 20.0 Å². The highest BCUT2D eigenvalue weighted by atomic mass is 35.5. The zero-order chi connectivity index (χ0) is 15.4. The van der Waals surface area contributed by atoms with Gasteiger partial charge in [-0.2, -0.15) is 5.10 Å². The summed E-state index contributed by atoms with van der Waals surface area (Å²) in [6.45, 7) is 2.81. The molecule has 0 atom stereocenters. The van der Waals surface area contributed by atoms with E-state index in [1.807, 2.05) is 32.2 Å². The zero-order valence-electron chi connectivity index (χ0n) is 12.5.